The van der Waals surface area contributed by atoms with E-state index >= 15 is 0 Å². The maximum atomic E-state index is 12.7. The van der Waals surface area contributed by atoms with E-state index in [1.807, 2.05) is 0 Å². The van der Waals surface area contributed by atoms with Gasteiger partial charge < -0.3 is 0 Å². The Morgan fingerprint density at radius 2 is 2.12 bits per heavy atom. The van der Waals surface area contributed by atoms with E-state index in [-0.39, 0.29) is 16.9 Å². The molecule has 0 bridgehead atoms. The number of hydrogen-bond acceptors (Lipinski definition) is 4. The molecule has 0 radical (unpaired) electrons. The molecule has 2 rings (SSSR count). The Labute approximate surface area is 102 Å². The molecule has 0 fully saturated rings. The summed E-state index contributed by atoms with van der Waals surface area (Å²) >= 11 is 1.28. The van der Waals surface area contributed by atoms with Crippen molar-refractivity contribution in [1.29, 1.82) is 0 Å². The molecule has 0 aliphatic rings. The van der Waals surface area contributed by atoms with E-state index in [1.54, 1.807) is 6.92 Å². The van der Waals surface area contributed by atoms with E-state index < -0.39 is 0 Å². The first kappa shape index (κ1) is 11.8. The number of carbonyl (C=O) groups is 1. The van der Waals surface area contributed by atoms with E-state index in [1.165, 1.54) is 42.4 Å². The Morgan fingerprint density at radius 1 is 1.41 bits per heavy atom. The van der Waals surface area contributed by atoms with Crippen LogP contribution in [-0.2, 0) is 0 Å². The van der Waals surface area contributed by atoms with Crippen molar-refractivity contribution in [2.75, 3.05) is 0 Å². The fourth-order valence-electron chi connectivity index (χ4n) is 1.32. The van der Waals surface area contributed by atoms with Gasteiger partial charge in [0.05, 0.1) is 5.25 Å². The first-order valence-corrected chi connectivity index (χ1v) is 5.86. The molecule has 4 nitrogen and oxygen atoms in total. The van der Waals surface area contributed by atoms with Gasteiger partial charge in [0, 0.05) is 5.56 Å². The molecule has 1 N–H and O–H groups in total. The smallest absolute Gasteiger partial charge is 0.184 e. The third-order valence-corrected chi connectivity index (χ3v) is 3.17. The SMILES string of the molecule is C[C@H](Sc1ncn[nH]1)C(=O)c1ccc(F)cc1. The number of ketones is 1. The number of aromatic nitrogens is 3. The van der Waals surface area contributed by atoms with Crippen molar-refractivity contribution in [3.05, 3.63) is 42.0 Å². The average Bonchev–Trinajstić information content (AvgIpc) is 2.82. The van der Waals surface area contributed by atoms with Gasteiger partial charge in [-0.25, -0.2) is 9.37 Å². The van der Waals surface area contributed by atoms with Crippen molar-refractivity contribution in [3.8, 4) is 0 Å². The van der Waals surface area contributed by atoms with Crippen LogP contribution in [0.2, 0.25) is 0 Å². The van der Waals surface area contributed by atoms with Crippen molar-refractivity contribution in [2.45, 2.75) is 17.3 Å². The molecule has 0 saturated heterocycles. The van der Waals surface area contributed by atoms with Gasteiger partial charge >= 0.3 is 0 Å². The van der Waals surface area contributed by atoms with Crippen LogP contribution in [0, 0.1) is 5.82 Å². The fraction of sp³-hybridized carbons (Fsp3) is 0.182. The van der Waals surface area contributed by atoms with Crippen molar-refractivity contribution in [2.24, 2.45) is 0 Å². The first-order chi connectivity index (χ1) is 8.16. The molecule has 0 aliphatic heterocycles. The molecule has 0 saturated carbocycles. The largest absolute Gasteiger partial charge is 0.293 e. The molecule has 1 aromatic heterocycles. The molecule has 1 atom stereocenters. The first-order valence-electron chi connectivity index (χ1n) is 4.98. The van der Waals surface area contributed by atoms with Crippen LogP contribution in [0.3, 0.4) is 0 Å². The van der Waals surface area contributed by atoms with E-state index in [2.05, 4.69) is 15.2 Å². The summed E-state index contributed by atoms with van der Waals surface area (Å²) in [5.74, 6) is -0.413. The van der Waals surface area contributed by atoms with Crippen LogP contribution in [0.4, 0.5) is 4.39 Å². The summed E-state index contributed by atoms with van der Waals surface area (Å²) < 4.78 is 12.7. The van der Waals surface area contributed by atoms with Gasteiger partial charge in [-0.1, -0.05) is 11.8 Å². The summed E-state index contributed by atoms with van der Waals surface area (Å²) in [6, 6.07) is 5.52. The quantitative estimate of drug-likeness (QED) is 0.669. The highest BCUT2D eigenvalue weighted by atomic mass is 32.2. The van der Waals surface area contributed by atoms with Crippen LogP contribution >= 0.6 is 11.8 Å². The number of carbonyl (C=O) groups excluding carboxylic acids is 1. The maximum absolute atomic E-state index is 12.7. The summed E-state index contributed by atoms with van der Waals surface area (Å²) in [5, 5.41) is 6.67. The number of aromatic amines is 1. The summed E-state index contributed by atoms with van der Waals surface area (Å²) in [4.78, 5) is 15.9. The number of nitrogens with zero attached hydrogens (tertiary/aromatic N) is 2. The highest BCUT2D eigenvalue weighted by Gasteiger charge is 2.17. The van der Waals surface area contributed by atoms with Gasteiger partial charge in [-0.3, -0.25) is 9.89 Å². The van der Waals surface area contributed by atoms with E-state index in [0.717, 1.165) is 0 Å². The molecule has 0 spiro atoms. The molecular weight excluding hydrogens is 241 g/mol. The Kier molecular flexibility index (Phi) is 3.53. The van der Waals surface area contributed by atoms with Crippen LogP contribution < -0.4 is 0 Å². The Balaban J connectivity index is 2.07. The number of hydrogen-bond donors (Lipinski definition) is 1. The monoisotopic (exact) mass is 251 g/mol. The summed E-state index contributed by atoms with van der Waals surface area (Å²) in [6.45, 7) is 1.78. The van der Waals surface area contributed by atoms with E-state index in [9.17, 15) is 9.18 Å². The van der Waals surface area contributed by atoms with Crippen LogP contribution in [0.25, 0.3) is 0 Å². The minimum atomic E-state index is -0.350. The minimum absolute atomic E-state index is 0.0635. The normalized spacial score (nSPS) is 12.4. The lowest BCUT2D eigenvalue weighted by Gasteiger charge is -2.07. The van der Waals surface area contributed by atoms with Gasteiger partial charge in [-0.15, -0.1) is 0 Å². The standard InChI is InChI=1S/C11H10FN3OS/c1-7(17-11-13-6-14-15-11)10(16)8-2-4-9(12)5-3-8/h2-7H,1H3,(H,13,14,15)/t7-/m0/s1. The van der Waals surface area contributed by atoms with Crippen molar-refractivity contribution >= 4 is 17.5 Å². The minimum Gasteiger partial charge on any atom is -0.293 e. The van der Waals surface area contributed by atoms with Gasteiger partial charge in [0.15, 0.2) is 10.9 Å². The lowest BCUT2D eigenvalue weighted by molar-refractivity contribution is 0.0994. The molecular formula is C11H10FN3OS. The second-order valence-corrected chi connectivity index (χ2v) is 4.75. The zero-order chi connectivity index (χ0) is 12.3. The van der Waals surface area contributed by atoms with E-state index in [4.69, 9.17) is 0 Å². The Bertz CT molecular complexity index is 498. The van der Waals surface area contributed by atoms with Crippen molar-refractivity contribution in [3.63, 3.8) is 0 Å². The molecule has 88 valence electrons. The fourth-order valence-corrected chi connectivity index (χ4v) is 2.11. The number of thioether (sulfide) groups is 1. The number of nitrogens with one attached hydrogen (secondary N) is 1. The lowest BCUT2D eigenvalue weighted by atomic mass is 10.1. The predicted molar refractivity (Wildman–Crippen MR) is 62.4 cm³/mol. The van der Waals surface area contributed by atoms with E-state index in [0.29, 0.717) is 10.7 Å². The molecule has 0 amide bonds. The second kappa shape index (κ2) is 5.09. The second-order valence-electron chi connectivity index (χ2n) is 3.42. The predicted octanol–water partition coefficient (Wildman–Crippen LogP) is 2.31. The Hall–Kier alpha value is -1.69. The van der Waals surface area contributed by atoms with Gasteiger partial charge in [0.1, 0.15) is 12.1 Å². The van der Waals surface area contributed by atoms with Gasteiger partial charge in [0.2, 0.25) is 0 Å². The summed E-state index contributed by atoms with van der Waals surface area (Å²) in [6.07, 6.45) is 1.39. The average molecular weight is 251 g/mol. The highest BCUT2D eigenvalue weighted by Crippen LogP contribution is 2.21. The molecule has 2 aromatic rings. The zero-order valence-electron chi connectivity index (χ0n) is 9.05. The summed E-state index contributed by atoms with van der Waals surface area (Å²) in [5.41, 5.74) is 0.492. The molecule has 17 heavy (non-hydrogen) atoms. The van der Waals surface area contributed by atoms with Crippen LogP contribution in [0.15, 0.2) is 35.7 Å². The molecule has 1 heterocycles. The number of benzene rings is 1. The lowest BCUT2D eigenvalue weighted by Crippen LogP contribution is -2.13. The van der Waals surface area contributed by atoms with Crippen molar-refractivity contribution in [1.82, 2.24) is 15.2 Å². The highest BCUT2D eigenvalue weighted by molar-refractivity contribution is 8.00. The molecule has 1 aromatic carbocycles. The maximum Gasteiger partial charge on any atom is 0.184 e. The Morgan fingerprint density at radius 3 is 2.71 bits per heavy atom. The van der Waals surface area contributed by atoms with Crippen LogP contribution in [-0.4, -0.2) is 26.2 Å². The molecule has 0 aliphatic carbocycles. The molecule has 6 heteroatoms. The van der Waals surface area contributed by atoms with Crippen LogP contribution in [0.1, 0.15) is 17.3 Å². The number of halogens is 1. The van der Waals surface area contributed by atoms with Crippen molar-refractivity contribution < 1.29 is 9.18 Å². The van der Waals surface area contributed by atoms with Gasteiger partial charge in [0.25, 0.3) is 0 Å². The molecule has 0 unspecified atom stereocenters. The van der Waals surface area contributed by atoms with Gasteiger partial charge in [-0.05, 0) is 31.2 Å². The third-order valence-electron chi connectivity index (χ3n) is 2.18. The topological polar surface area (TPSA) is 58.6 Å². The summed E-state index contributed by atoms with van der Waals surface area (Å²) in [7, 11) is 0. The number of H-pyrrole nitrogens is 1. The zero-order valence-corrected chi connectivity index (χ0v) is 9.87. The third kappa shape index (κ3) is 2.91. The number of Topliss-reactive ketones (excluding diaryl/α,β-unsaturated/α-hetero) is 1. The van der Waals surface area contributed by atoms with Gasteiger partial charge in [-0.2, -0.15) is 5.10 Å². The number of rotatable bonds is 4. The van der Waals surface area contributed by atoms with Crippen LogP contribution in [0.5, 0.6) is 0 Å².